The van der Waals surface area contributed by atoms with Crippen molar-refractivity contribution < 1.29 is 23.9 Å². The van der Waals surface area contributed by atoms with Gasteiger partial charge in [-0.3, -0.25) is 24.2 Å². The summed E-state index contributed by atoms with van der Waals surface area (Å²) in [5, 5.41) is 11.2. The minimum absolute atomic E-state index is 0.0484. The van der Waals surface area contributed by atoms with Crippen molar-refractivity contribution in [2.45, 2.75) is 51.6 Å². The van der Waals surface area contributed by atoms with Gasteiger partial charge in [-0.15, -0.1) is 0 Å². The number of carbonyl (C=O) groups is 4. The number of carbonyl (C=O) groups excluding carboxylic acids is 4. The van der Waals surface area contributed by atoms with E-state index in [0.29, 0.717) is 31.7 Å². The van der Waals surface area contributed by atoms with Crippen LogP contribution >= 0.6 is 0 Å². The molecule has 198 valence electrons. The van der Waals surface area contributed by atoms with Gasteiger partial charge in [-0.25, -0.2) is 0 Å². The predicted octanol–water partition coefficient (Wildman–Crippen LogP) is 1.36. The number of benzene rings is 1. The number of amides is 4. The first-order chi connectivity index (χ1) is 17.8. The molecule has 0 spiro atoms. The molecule has 0 radical (unpaired) electrons. The summed E-state index contributed by atoms with van der Waals surface area (Å²) in [4.78, 5) is 55.8. The molecule has 2 aromatic rings. The van der Waals surface area contributed by atoms with Gasteiger partial charge in [0, 0.05) is 37.8 Å². The van der Waals surface area contributed by atoms with Crippen LogP contribution in [-0.4, -0.2) is 60.4 Å². The average molecular weight is 510 g/mol. The van der Waals surface area contributed by atoms with E-state index in [1.54, 1.807) is 30.5 Å². The lowest BCUT2D eigenvalue weighted by Crippen LogP contribution is -2.51. The Hall–Kier alpha value is -3.95. The largest absolute Gasteiger partial charge is 0.493 e. The highest BCUT2D eigenvalue weighted by atomic mass is 16.5. The first-order valence-electron chi connectivity index (χ1n) is 12.6. The smallest absolute Gasteiger partial charge is 0.255 e. The van der Waals surface area contributed by atoms with Crippen molar-refractivity contribution in [2.24, 2.45) is 5.92 Å². The molecule has 2 heterocycles. The molecule has 1 aromatic carbocycles. The van der Waals surface area contributed by atoms with Gasteiger partial charge in [-0.2, -0.15) is 0 Å². The van der Waals surface area contributed by atoms with Crippen molar-refractivity contribution in [3.63, 3.8) is 0 Å². The van der Waals surface area contributed by atoms with Gasteiger partial charge >= 0.3 is 0 Å². The lowest BCUT2D eigenvalue weighted by molar-refractivity contribution is -0.130. The molecule has 0 saturated heterocycles. The number of para-hydroxylation sites is 1. The topological polar surface area (TPSA) is 139 Å². The van der Waals surface area contributed by atoms with Gasteiger partial charge in [0.2, 0.25) is 17.7 Å². The molecule has 4 N–H and O–H groups in total. The van der Waals surface area contributed by atoms with E-state index in [0.717, 1.165) is 5.69 Å². The first-order valence-corrected chi connectivity index (χ1v) is 12.6. The molecule has 1 aromatic heterocycles. The van der Waals surface area contributed by atoms with Crippen molar-refractivity contribution in [3.05, 3.63) is 59.9 Å². The lowest BCUT2D eigenvalue weighted by atomic mass is 10.0. The summed E-state index contributed by atoms with van der Waals surface area (Å²) in [5.41, 5.74) is 1.11. The summed E-state index contributed by atoms with van der Waals surface area (Å²) in [6.07, 6.45) is 2.73. The van der Waals surface area contributed by atoms with Crippen LogP contribution in [0.1, 0.15) is 49.2 Å². The molecule has 3 rings (SSSR count). The van der Waals surface area contributed by atoms with Crippen LogP contribution in [0.4, 0.5) is 0 Å². The van der Waals surface area contributed by atoms with Crippen LogP contribution in [0.15, 0.2) is 48.7 Å². The number of hydrogen-bond acceptors (Lipinski definition) is 6. The lowest BCUT2D eigenvalue weighted by Gasteiger charge is -2.23. The van der Waals surface area contributed by atoms with Crippen LogP contribution in [0.25, 0.3) is 0 Å². The monoisotopic (exact) mass is 509 g/mol. The second-order valence-corrected chi connectivity index (χ2v) is 9.21. The Morgan fingerprint density at radius 1 is 1.11 bits per heavy atom. The van der Waals surface area contributed by atoms with Crippen LogP contribution in [0, 0.1) is 5.92 Å². The Balaban J connectivity index is 1.76. The Labute approximate surface area is 217 Å². The molecule has 0 saturated carbocycles. The molecule has 2 atom stereocenters. The second-order valence-electron chi connectivity index (χ2n) is 9.21. The number of hydrogen-bond donors (Lipinski definition) is 4. The zero-order chi connectivity index (χ0) is 26.6. The van der Waals surface area contributed by atoms with Crippen LogP contribution in [0.5, 0.6) is 5.75 Å². The SMILES string of the molecule is CC(C)[C@H]1NC(=O)CC[C@@H](C(=O)NCCc2ccccn2)NC(=O)c2ccccc2OCCCNC1=O. The van der Waals surface area contributed by atoms with E-state index in [2.05, 4.69) is 26.3 Å². The minimum Gasteiger partial charge on any atom is -0.493 e. The maximum absolute atomic E-state index is 13.1. The van der Waals surface area contributed by atoms with Crippen LogP contribution in [0.2, 0.25) is 0 Å². The Bertz CT molecular complexity index is 1080. The van der Waals surface area contributed by atoms with Crippen molar-refractivity contribution in [1.82, 2.24) is 26.3 Å². The van der Waals surface area contributed by atoms with E-state index in [4.69, 9.17) is 4.74 Å². The molecule has 0 aliphatic carbocycles. The number of nitrogens with zero attached hydrogens (tertiary/aromatic N) is 1. The number of nitrogens with one attached hydrogen (secondary N) is 4. The molecule has 0 bridgehead atoms. The van der Waals surface area contributed by atoms with E-state index in [9.17, 15) is 19.2 Å². The van der Waals surface area contributed by atoms with Crippen LogP contribution in [-0.2, 0) is 20.8 Å². The molecule has 0 fully saturated rings. The molecular formula is C27H35N5O5. The molecule has 37 heavy (non-hydrogen) atoms. The highest BCUT2D eigenvalue weighted by Gasteiger charge is 2.27. The van der Waals surface area contributed by atoms with Gasteiger partial charge in [-0.1, -0.05) is 32.0 Å². The summed E-state index contributed by atoms with van der Waals surface area (Å²) in [6, 6.07) is 10.6. The molecule has 4 amide bonds. The maximum atomic E-state index is 13.1. The zero-order valence-corrected chi connectivity index (χ0v) is 21.3. The molecule has 0 unspecified atom stereocenters. The van der Waals surface area contributed by atoms with E-state index in [-0.39, 0.29) is 42.7 Å². The Morgan fingerprint density at radius 2 is 1.89 bits per heavy atom. The van der Waals surface area contributed by atoms with E-state index in [1.807, 2.05) is 32.0 Å². The number of fused-ring (bicyclic) bond motifs is 1. The van der Waals surface area contributed by atoms with Gasteiger partial charge in [0.25, 0.3) is 5.91 Å². The number of aromatic nitrogens is 1. The average Bonchev–Trinajstić information content (AvgIpc) is 2.89. The van der Waals surface area contributed by atoms with Gasteiger partial charge in [-0.05, 0) is 43.0 Å². The highest BCUT2D eigenvalue weighted by Crippen LogP contribution is 2.19. The van der Waals surface area contributed by atoms with Crippen LogP contribution in [0.3, 0.4) is 0 Å². The van der Waals surface area contributed by atoms with Crippen molar-refractivity contribution in [2.75, 3.05) is 19.7 Å². The Kier molecular flexibility index (Phi) is 10.4. The van der Waals surface area contributed by atoms with E-state index in [1.165, 1.54) is 0 Å². The fourth-order valence-electron chi connectivity index (χ4n) is 3.90. The summed E-state index contributed by atoms with van der Waals surface area (Å²) in [7, 11) is 0. The predicted molar refractivity (Wildman–Crippen MR) is 138 cm³/mol. The van der Waals surface area contributed by atoms with Gasteiger partial charge in [0.15, 0.2) is 0 Å². The standard InChI is InChI=1S/C27H35N5O5/c1-18(2)24-27(36)29-15-7-17-37-22-10-4-3-9-20(22)25(34)31-21(11-12-23(33)32-24)26(35)30-16-13-19-8-5-6-14-28-19/h3-6,8-10,14,18,21,24H,7,11-13,15-17H2,1-2H3,(H,29,36)(H,30,35)(H,31,34)(H,32,33)/t21-,24+/m0/s1. The Morgan fingerprint density at radius 3 is 2.65 bits per heavy atom. The van der Waals surface area contributed by atoms with Gasteiger partial charge in [0.05, 0.1) is 12.2 Å². The third kappa shape index (κ3) is 8.59. The molecular weight excluding hydrogens is 474 g/mol. The number of rotatable bonds is 5. The fraction of sp³-hybridized carbons (Fsp3) is 0.444. The highest BCUT2D eigenvalue weighted by molar-refractivity contribution is 5.99. The second kappa shape index (κ2) is 14.0. The van der Waals surface area contributed by atoms with Crippen molar-refractivity contribution in [1.29, 1.82) is 0 Å². The first kappa shape index (κ1) is 27.6. The maximum Gasteiger partial charge on any atom is 0.255 e. The summed E-state index contributed by atoms with van der Waals surface area (Å²) >= 11 is 0. The summed E-state index contributed by atoms with van der Waals surface area (Å²) < 4.78 is 5.81. The molecule has 1 aliphatic heterocycles. The summed E-state index contributed by atoms with van der Waals surface area (Å²) in [5.74, 6) is -1.27. The van der Waals surface area contributed by atoms with Gasteiger partial charge < -0.3 is 26.0 Å². The normalized spacial score (nSPS) is 19.6. The molecule has 10 nitrogen and oxygen atoms in total. The van der Waals surface area contributed by atoms with E-state index >= 15 is 0 Å². The van der Waals surface area contributed by atoms with E-state index < -0.39 is 23.9 Å². The third-order valence-electron chi connectivity index (χ3n) is 5.96. The van der Waals surface area contributed by atoms with Gasteiger partial charge in [0.1, 0.15) is 17.8 Å². The van der Waals surface area contributed by atoms with Crippen molar-refractivity contribution in [3.8, 4) is 5.75 Å². The third-order valence-corrected chi connectivity index (χ3v) is 5.96. The molecule has 1 aliphatic rings. The zero-order valence-electron chi connectivity index (χ0n) is 21.3. The molecule has 10 heteroatoms. The van der Waals surface area contributed by atoms with Crippen LogP contribution < -0.4 is 26.0 Å². The quantitative estimate of drug-likeness (QED) is 0.480. The number of pyridine rings is 1. The van der Waals surface area contributed by atoms with Crippen molar-refractivity contribution >= 4 is 23.6 Å². The fourth-order valence-corrected chi connectivity index (χ4v) is 3.90. The minimum atomic E-state index is -0.964. The number of ether oxygens (including phenoxy) is 1. The summed E-state index contributed by atoms with van der Waals surface area (Å²) in [6.45, 7) is 4.67.